The van der Waals surface area contributed by atoms with Crippen LogP contribution in [0.25, 0.3) is 11.1 Å². The normalized spacial score (nSPS) is 16.0. The topological polar surface area (TPSA) is 103 Å². The Hall–Kier alpha value is -4.21. The molecule has 43 heavy (non-hydrogen) atoms. The first-order valence-electron chi connectivity index (χ1n) is 15.3. The van der Waals surface area contributed by atoms with Crippen LogP contribution in [0, 0.1) is 0 Å². The number of benzene rings is 3. The molecule has 3 N–H and O–H groups in total. The zero-order valence-electron chi connectivity index (χ0n) is 24.6. The Morgan fingerprint density at radius 3 is 2.28 bits per heavy atom. The number of ether oxygens (including phenoxy) is 1. The van der Waals surface area contributed by atoms with Gasteiger partial charge in [0.25, 0.3) is 5.91 Å². The summed E-state index contributed by atoms with van der Waals surface area (Å²) in [4.78, 5) is 42.4. The Morgan fingerprint density at radius 1 is 0.767 bits per heavy atom. The van der Waals surface area contributed by atoms with Crippen molar-refractivity contribution < 1.29 is 19.1 Å². The molecule has 0 unspecified atom stereocenters. The minimum absolute atomic E-state index is 0.0358. The van der Waals surface area contributed by atoms with Gasteiger partial charge in [0.2, 0.25) is 5.91 Å². The van der Waals surface area contributed by atoms with Crippen molar-refractivity contribution in [1.82, 2.24) is 15.1 Å². The minimum Gasteiger partial charge on any atom is -0.446 e. The van der Waals surface area contributed by atoms with Crippen molar-refractivity contribution in [3.63, 3.8) is 0 Å². The fraction of sp³-hybridized carbons (Fsp3) is 0.382. The standard InChI is InChI=1S/C34H41N5O4/c40-32(17-23-38-19-6-7-20-38)36-28-12-8-11-27(25-28)33(41)35-18-24-39-21-15-29(16-22-39)43-34(42)37-31-14-5-4-13-30(31)26-9-2-1-3-10-26/h1-5,8-14,25,29H,6-7,15-24H2,(H,35,41)(H,36,40)(H,37,42). The summed E-state index contributed by atoms with van der Waals surface area (Å²) in [6.07, 6.45) is 3.74. The lowest BCUT2D eigenvalue weighted by atomic mass is 10.0. The highest BCUT2D eigenvalue weighted by atomic mass is 16.6. The SMILES string of the molecule is O=C(CCN1CCCC1)Nc1cccc(C(=O)NCCN2CCC(OC(=O)Nc3ccccc3-c3ccccc3)CC2)c1. The number of nitrogens with one attached hydrogen (secondary N) is 3. The summed E-state index contributed by atoms with van der Waals surface area (Å²) >= 11 is 0. The monoisotopic (exact) mass is 583 g/mol. The maximum atomic E-state index is 12.7. The van der Waals surface area contributed by atoms with Gasteiger partial charge in [0.15, 0.2) is 0 Å². The second-order valence-electron chi connectivity index (χ2n) is 11.2. The van der Waals surface area contributed by atoms with Gasteiger partial charge in [0.05, 0.1) is 5.69 Å². The van der Waals surface area contributed by atoms with E-state index >= 15 is 0 Å². The molecule has 2 fully saturated rings. The smallest absolute Gasteiger partial charge is 0.411 e. The number of amides is 3. The summed E-state index contributed by atoms with van der Waals surface area (Å²) in [5.74, 6) is -0.204. The molecule has 2 aliphatic rings. The van der Waals surface area contributed by atoms with Gasteiger partial charge in [-0.15, -0.1) is 0 Å². The number of carbonyl (C=O) groups excluding carboxylic acids is 3. The van der Waals surface area contributed by atoms with Gasteiger partial charge in [0, 0.05) is 56.0 Å². The summed E-state index contributed by atoms with van der Waals surface area (Å²) in [5, 5.41) is 8.81. The van der Waals surface area contributed by atoms with Gasteiger partial charge >= 0.3 is 6.09 Å². The summed E-state index contributed by atoms with van der Waals surface area (Å²) in [6.45, 7) is 5.69. The second-order valence-corrected chi connectivity index (χ2v) is 11.2. The van der Waals surface area contributed by atoms with Crippen LogP contribution in [0.4, 0.5) is 16.2 Å². The average molecular weight is 584 g/mol. The Balaban J connectivity index is 0.997. The number of hydrogen-bond donors (Lipinski definition) is 3. The minimum atomic E-state index is -0.445. The fourth-order valence-corrected chi connectivity index (χ4v) is 5.66. The van der Waals surface area contributed by atoms with Crippen molar-refractivity contribution in [1.29, 1.82) is 0 Å². The van der Waals surface area contributed by atoms with E-state index < -0.39 is 6.09 Å². The fourth-order valence-electron chi connectivity index (χ4n) is 5.66. The van der Waals surface area contributed by atoms with Crippen LogP contribution in [0.2, 0.25) is 0 Å². The van der Waals surface area contributed by atoms with Crippen LogP contribution < -0.4 is 16.0 Å². The van der Waals surface area contributed by atoms with Gasteiger partial charge in [-0.1, -0.05) is 54.6 Å². The summed E-state index contributed by atoms with van der Waals surface area (Å²) in [5.41, 5.74) is 3.85. The van der Waals surface area contributed by atoms with Crippen molar-refractivity contribution in [2.45, 2.75) is 38.2 Å². The van der Waals surface area contributed by atoms with E-state index in [-0.39, 0.29) is 17.9 Å². The molecule has 0 spiro atoms. The maximum absolute atomic E-state index is 12.7. The van der Waals surface area contributed by atoms with Crippen LogP contribution in [0.1, 0.15) is 42.5 Å². The molecular formula is C34H41N5O4. The highest BCUT2D eigenvalue weighted by molar-refractivity contribution is 5.97. The van der Waals surface area contributed by atoms with Gasteiger partial charge < -0.3 is 25.2 Å². The van der Waals surface area contributed by atoms with Gasteiger partial charge in [-0.25, -0.2) is 4.79 Å². The molecule has 3 amide bonds. The maximum Gasteiger partial charge on any atom is 0.411 e. The predicted octanol–water partition coefficient (Wildman–Crippen LogP) is 5.22. The number of rotatable bonds is 11. The van der Waals surface area contributed by atoms with E-state index in [1.54, 1.807) is 24.3 Å². The molecule has 2 aliphatic heterocycles. The lowest BCUT2D eigenvalue weighted by Gasteiger charge is -2.31. The van der Waals surface area contributed by atoms with E-state index in [4.69, 9.17) is 4.74 Å². The molecule has 9 nitrogen and oxygen atoms in total. The second kappa shape index (κ2) is 15.3. The van der Waals surface area contributed by atoms with Gasteiger partial charge in [-0.2, -0.15) is 0 Å². The molecule has 0 atom stereocenters. The molecule has 0 radical (unpaired) electrons. The zero-order chi connectivity index (χ0) is 29.9. The van der Waals surface area contributed by atoms with Crippen molar-refractivity contribution in [3.8, 4) is 11.1 Å². The number of likely N-dealkylation sites (tertiary alicyclic amines) is 2. The molecule has 0 aliphatic carbocycles. The van der Waals surface area contributed by atoms with E-state index in [2.05, 4.69) is 25.8 Å². The molecule has 9 heteroatoms. The third-order valence-electron chi connectivity index (χ3n) is 8.03. The quantitative estimate of drug-likeness (QED) is 0.286. The summed E-state index contributed by atoms with van der Waals surface area (Å²) in [7, 11) is 0. The molecule has 2 saturated heterocycles. The van der Waals surface area contributed by atoms with Crippen LogP contribution in [0.3, 0.4) is 0 Å². The van der Waals surface area contributed by atoms with Crippen LogP contribution in [-0.4, -0.2) is 79.6 Å². The predicted molar refractivity (Wildman–Crippen MR) is 169 cm³/mol. The highest BCUT2D eigenvalue weighted by Gasteiger charge is 2.23. The van der Waals surface area contributed by atoms with Crippen molar-refractivity contribution in [2.24, 2.45) is 0 Å². The summed E-state index contributed by atoms with van der Waals surface area (Å²) in [6, 6.07) is 24.7. The number of piperidine rings is 1. The van der Waals surface area contributed by atoms with E-state index in [9.17, 15) is 14.4 Å². The first kappa shape index (κ1) is 30.3. The number of carbonyl (C=O) groups is 3. The molecule has 0 bridgehead atoms. The molecule has 3 aromatic carbocycles. The number of nitrogens with zero attached hydrogens (tertiary/aromatic N) is 2. The molecular weight excluding hydrogens is 542 g/mol. The third kappa shape index (κ3) is 9.14. The summed E-state index contributed by atoms with van der Waals surface area (Å²) < 4.78 is 5.74. The van der Waals surface area contributed by atoms with Gasteiger partial charge in [0.1, 0.15) is 6.10 Å². The first-order valence-corrected chi connectivity index (χ1v) is 15.3. The van der Waals surface area contributed by atoms with E-state index in [1.165, 1.54) is 12.8 Å². The van der Waals surface area contributed by atoms with E-state index in [1.807, 2.05) is 54.6 Å². The largest absolute Gasteiger partial charge is 0.446 e. The third-order valence-corrected chi connectivity index (χ3v) is 8.03. The van der Waals surface area contributed by atoms with Crippen LogP contribution >= 0.6 is 0 Å². The van der Waals surface area contributed by atoms with E-state index in [0.717, 1.165) is 62.4 Å². The van der Waals surface area contributed by atoms with Crippen molar-refractivity contribution >= 4 is 29.3 Å². The number of anilines is 2. The molecule has 0 saturated carbocycles. The Morgan fingerprint density at radius 2 is 1.49 bits per heavy atom. The Bertz CT molecular complexity index is 1370. The lowest BCUT2D eigenvalue weighted by Crippen LogP contribution is -2.42. The Kier molecular flexibility index (Phi) is 10.8. The number of hydrogen-bond acceptors (Lipinski definition) is 6. The molecule has 2 heterocycles. The van der Waals surface area contributed by atoms with Crippen LogP contribution in [-0.2, 0) is 9.53 Å². The van der Waals surface area contributed by atoms with Crippen LogP contribution in [0.15, 0.2) is 78.9 Å². The van der Waals surface area contributed by atoms with Gasteiger partial charge in [-0.05, 0) is 68.6 Å². The lowest BCUT2D eigenvalue weighted by molar-refractivity contribution is -0.116. The molecule has 5 rings (SSSR count). The zero-order valence-corrected chi connectivity index (χ0v) is 24.6. The van der Waals surface area contributed by atoms with Gasteiger partial charge in [-0.3, -0.25) is 14.9 Å². The van der Waals surface area contributed by atoms with E-state index in [0.29, 0.717) is 30.8 Å². The van der Waals surface area contributed by atoms with Crippen LogP contribution in [0.5, 0.6) is 0 Å². The molecule has 226 valence electrons. The van der Waals surface area contributed by atoms with Crippen molar-refractivity contribution in [2.75, 3.05) is 56.4 Å². The molecule has 3 aromatic rings. The molecule has 0 aromatic heterocycles. The Labute approximate surface area is 253 Å². The number of para-hydroxylation sites is 1. The average Bonchev–Trinajstić information content (AvgIpc) is 3.56. The van der Waals surface area contributed by atoms with Crippen molar-refractivity contribution in [3.05, 3.63) is 84.4 Å². The first-order chi connectivity index (χ1) is 21.0. The highest BCUT2D eigenvalue weighted by Crippen LogP contribution is 2.28.